The SMILES string of the molecule is CN.Cn1ccn(-c2ccc(-c3cc(F)cc(-c4cc(N5CCCC5)c5cn[nH]c5c4)c3O)cc2Cl)c1=O. The van der Waals surface area contributed by atoms with Crippen LogP contribution >= 0.6 is 11.6 Å². The first kappa shape index (κ1) is 25.6. The number of anilines is 1. The van der Waals surface area contributed by atoms with Crippen molar-refractivity contribution in [2.75, 3.05) is 25.0 Å². The molecule has 4 N–H and O–H groups in total. The van der Waals surface area contributed by atoms with Gasteiger partial charge in [-0.2, -0.15) is 5.10 Å². The van der Waals surface area contributed by atoms with E-state index >= 15 is 0 Å². The Morgan fingerprint density at radius 1 is 1.00 bits per heavy atom. The number of H-pyrrole nitrogens is 1. The van der Waals surface area contributed by atoms with Crippen molar-refractivity contribution in [1.82, 2.24) is 19.3 Å². The van der Waals surface area contributed by atoms with E-state index < -0.39 is 5.82 Å². The Hall–Kier alpha value is -4.08. The number of aromatic nitrogens is 4. The van der Waals surface area contributed by atoms with Crippen molar-refractivity contribution in [3.05, 3.63) is 82.4 Å². The molecule has 0 unspecified atom stereocenters. The van der Waals surface area contributed by atoms with E-state index in [9.17, 15) is 14.3 Å². The fourth-order valence-electron chi connectivity index (χ4n) is 4.96. The van der Waals surface area contributed by atoms with Crippen molar-refractivity contribution in [3.63, 3.8) is 0 Å². The van der Waals surface area contributed by atoms with Gasteiger partial charge in [0.2, 0.25) is 0 Å². The third kappa shape index (κ3) is 4.44. The van der Waals surface area contributed by atoms with Gasteiger partial charge in [0.1, 0.15) is 11.6 Å². The number of imidazole rings is 1. The van der Waals surface area contributed by atoms with Crippen molar-refractivity contribution in [3.8, 4) is 33.7 Å². The third-order valence-electron chi connectivity index (χ3n) is 6.83. The number of aromatic amines is 1. The van der Waals surface area contributed by atoms with Gasteiger partial charge in [0.15, 0.2) is 0 Å². The standard InChI is InChI=1S/C27H23ClFN5O2.CH5N/c1-32-8-9-34(27(32)36)24-5-4-16(10-22(24)28)19-13-18(29)14-20(26(19)35)17-11-23-21(15-30-31-23)25(12-17)33-6-2-3-7-33;1-2/h4-5,8-15,35H,2-3,6-7H2,1H3,(H,30,31);2H2,1H3. The van der Waals surface area contributed by atoms with E-state index in [0.29, 0.717) is 33.0 Å². The fourth-order valence-corrected chi connectivity index (χ4v) is 5.24. The maximum Gasteiger partial charge on any atom is 0.332 e. The Bertz CT molecular complexity index is 1680. The van der Waals surface area contributed by atoms with Crippen LogP contribution in [0.25, 0.3) is 38.8 Å². The summed E-state index contributed by atoms with van der Waals surface area (Å²) in [5, 5.41) is 19.8. The highest BCUT2D eigenvalue weighted by molar-refractivity contribution is 6.32. The van der Waals surface area contributed by atoms with Gasteiger partial charge in [0, 0.05) is 54.7 Å². The fraction of sp³-hybridized carbons (Fsp3) is 0.214. The van der Waals surface area contributed by atoms with Gasteiger partial charge in [-0.05, 0) is 67.4 Å². The number of hydrogen-bond donors (Lipinski definition) is 3. The van der Waals surface area contributed by atoms with Crippen molar-refractivity contribution in [2.45, 2.75) is 12.8 Å². The van der Waals surface area contributed by atoms with E-state index in [0.717, 1.165) is 42.5 Å². The highest BCUT2D eigenvalue weighted by Gasteiger charge is 2.20. The molecule has 0 atom stereocenters. The van der Waals surface area contributed by atoms with Gasteiger partial charge in [0.25, 0.3) is 0 Å². The number of phenolic OH excluding ortho intramolecular Hbond substituents is 1. The van der Waals surface area contributed by atoms with E-state index in [1.54, 1.807) is 43.8 Å². The average Bonchev–Trinajstić information content (AvgIpc) is 3.69. The maximum atomic E-state index is 14.9. The Balaban J connectivity index is 0.00000144. The second kappa shape index (κ2) is 10.4. The molecule has 2 aromatic heterocycles. The summed E-state index contributed by atoms with van der Waals surface area (Å²) in [6, 6.07) is 11.5. The lowest BCUT2D eigenvalue weighted by Crippen LogP contribution is -2.20. The highest BCUT2D eigenvalue weighted by atomic mass is 35.5. The van der Waals surface area contributed by atoms with Crippen LogP contribution in [0.1, 0.15) is 12.8 Å². The molecule has 8 nitrogen and oxygen atoms in total. The second-order valence-electron chi connectivity index (χ2n) is 9.10. The molecule has 3 aromatic carbocycles. The zero-order valence-corrected chi connectivity index (χ0v) is 21.8. The molecule has 5 aromatic rings. The molecule has 1 fully saturated rings. The summed E-state index contributed by atoms with van der Waals surface area (Å²) < 4.78 is 17.8. The normalized spacial score (nSPS) is 13.1. The highest BCUT2D eigenvalue weighted by Crippen LogP contribution is 2.42. The lowest BCUT2D eigenvalue weighted by atomic mass is 9.95. The number of fused-ring (bicyclic) bond motifs is 1. The van der Waals surface area contributed by atoms with Crippen LogP contribution in [0.15, 0.2) is 65.8 Å². The molecule has 0 saturated carbocycles. The number of halogens is 2. The van der Waals surface area contributed by atoms with Crippen molar-refractivity contribution < 1.29 is 9.50 Å². The second-order valence-corrected chi connectivity index (χ2v) is 9.51. The summed E-state index contributed by atoms with van der Waals surface area (Å²) in [6.45, 7) is 1.89. The van der Waals surface area contributed by atoms with E-state index in [1.165, 1.54) is 28.3 Å². The minimum Gasteiger partial charge on any atom is -0.507 e. The average molecular weight is 535 g/mol. The van der Waals surface area contributed by atoms with E-state index in [1.807, 2.05) is 12.1 Å². The van der Waals surface area contributed by atoms with Crippen molar-refractivity contribution >= 4 is 28.2 Å². The van der Waals surface area contributed by atoms with Crippen LogP contribution in [-0.2, 0) is 7.05 Å². The Morgan fingerprint density at radius 2 is 1.71 bits per heavy atom. The molecule has 0 aliphatic carbocycles. The maximum absolute atomic E-state index is 14.9. The zero-order valence-electron chi connectivity index (χ0n) is 21.1. The van der Waals surface area contributed by atoms with E-state index in [4.69, 9.17) is 11.6 Å². The van der Waals surface area contributed by atoms with Crippen LogP contribution in [0, 0.1) is 5.82 Å². The molecule has 0 bridgehead atoms. The van der Waals surface area contributed by atoms with Crippen molar-refractivity contribution in [2.24, 2.45) is 12.8 Å². The molecule has 38 heavy (non-hydrogen) atoms. The Labute approximate surface area is 223 Å². The summed E-state index contributed by atoms with van der Waals surface area (Å²) in [5.74, 6) is -0.534. The van der Waals surface area contributed by atoms with Crippen LogP contribution < -0.4 is 16.3 Å². The minimum atomic E-state index is -0.482. The Kier molecular flexibility index (Phi) is 6.96. The number of hydrogen-bond acceptors (Lipinski definition) is 5. The summed E-state index contributed by atoms with van der Waals surface area (Å²) in [5.41, 5.74) is 8.51. The summed E-state index contributed by atoms with van der Waals surface area (Å²) in [4.78, 5) is 14.6. The lowest BCUT2D eigenvalue weighted by Gasteiger charge is -2.20. The summed E-state index contributed by atoms with van der Waals surface area (Å²) in [7, 11) is 3.16. The number of benzene rings is 3. The molecule has 0 spiro atoms. The van der Waals surface area contributed by atoms with Gasteiger partial charge in [-0.15, -0.1) is 0 Å². The first-order valence-corrected chi connectivity index (χ1v) is 12.7. The molecule has 1 saturated heterocycles. The van der Waals surface area contributed by atoms with Gasteiger partial charge < -0.3 is 20.3 Å². The molecular formula is C28H28ClFN6O2. The topological polar surface area (TPSA) is 105 Å². The van der Waals surface area contributed by atoms with Crippen molar-refractivity contribution in [1.29, 1.82) is 0 Å². The first-order valence-electron chi connectivity index (χ1n) is 12.3. The third-order valence-corrected chi connectivity index (χ3v) is 7.14. The molecule has 10 heteroatoms. The molecule has 1 aliphatic heterocycles. The monoisotopic (exact) mass is 534 g/mol. The van der Waals surface area contributed by atoms with E-state index in [-0.39, 0.29) is 11.4 Å². The van der Waals surface area contributed by atoms with Gasteiger partial charge >= 0.3 is 5.69 Å². The number of nitrogens with one attached hydrogen (secondary N) is 1. The molecule has 196 valence electrons. The summed E-state index contributed by atoms with van der Waals surface area (Å²) in [6.07, 6.45) is 7.30. The lowest BCUT2D eigenvalue weighted by molar-refractivity contribution is 0.477. The largest absolute Gasteiger partial charge is 0.507 e. The van der Waals surface area contributed by atoms with Gasteiger partial charge in [-0.1, -0.05) is 17.7 Å². The predicted octanol–water partition coefficient (Wildman–Crippen LogP) is 5.06. The zero-order chi connectivity index (χ0) is 27.0. The van der Waals surface area contributed by atoms with Crippen LogP contribution in [0.5, 0.6) is 5.75 Å². The molecule has 3 heterocycles. The molecule has 0 amide bonds. The summed E-state index contributed by atoms with van der Waals surface area (Å²) >= 11 is 6.53. The van der Waals surface area contributed by atoms with Gasteiger partial charge in [0.05, 0.1) is 22.4 Å². The van der Waals surface area contributed by atoms with Crippen LogP contribution in [0.3, 0.4) is 0 Å². The van der Waals surface area contributed by atoms with Crippen LogP contribution in [0.2, 0.25) is 5.02 Å². The first-order chi connectivity index (χ1) is 18.4. The number of nitrogens with zero attached hydrogens (tertiary/aromatic N) is 4. The number of aromatic hydroxyl groups is 1. The molecule has 1 aliphatic rings. The van der Waals surface area contributed by atoms with Crippen LogP contribution in [0.4, 0.5) is 10.1 Å². The smallest absolute Gasteiger partial charge is 0.332 e. The quantitative estimate of drug-likeness (QED) is 0.299. The van der Waals surface area contributed by atoms with Gasteiger partial charge in [-0.25, -0.2) is 9.18 Å². The number of aryl methyl sites for hydroxylation is 1. The minimum absolute atomic E-state index is 0.0525. The van der Waals surface area contributed by atoms with Crippen LogP contribution in [-0.4, -0.2) is 44.6 Å². The predicted molar refractivity (Wildman–Crippen MR) is 150 cm³/mol. The van der Waals surface area contributed by atoms with Gasteiger partial charge in [-0.3, -0.25) is 9.67 Å². The Morgan fingerprint density at radius 3 is 2.37 bits per heavy atom. The molecule has 0 radical (unpaired) electrons. The number of nitrogens with two attached hydrogens (primary N) is 1. The van der Waals surface area contributed by atoms with E-state index in [2.05, 4.69) is 20.8 Å². The number of phenols is 1. The number of rotatable bonds is 4. The molecular weight excluding hydrogens is 507 g/mol. The molecule has 6 rings (SSSR count).